The van der Waals surface area contributed by atoms with E-state index in [4.69, 9.17) is 11.6 Å². The fourth-order valence-electron chi connectivity index (χ4n) is 2.96. The van der Waals surface area contributed by atoms with E-state index in [1.54, 1.807) is 7.05 Å². The van der Waals surface area contributed by atoms with Gasteiger partial charge in [0, 0.05) is 32.6 Å². The molecular weight excluding hydrogens is 350 g/mol. The van der Waals surface area contributed by atoms with Crippen molar-refractivity contribution in [1.29, 1.82) is 0 Å². The van der Waals surface area contributed by atoms with Crippen LogP contribution in [0.1, 0.15) is 29.6 Å². The first-order chi connectivity index (χ1) is 11.9. The largest absolute Gasteiger partial charge is 0.465 e. The number of nitro benzene ring substituents is 1. The maximum absolute atomic E-state index is 11.7. The highest BCUT2D eigenvalue weighted by molar-refractivity contribution is 6.34. The quantitative estimate of drug-likeness (QED) is 0.485. The summed E-state index contributed by atoms with van der Waals surface area (Å²) in [6.45, 7) is 1.16. The molecule has 0 aliphatic carbocycles. The number of methoxy groups -OCH3 is 1. The van der Waals surface area contributed by atoms with E-state index in [9.17, 15) is 19.7 Å². The van der Waals surface area contributed by atoms with Gasteiger partial charge in [-0.25, -0.2) is 4.79 Å². The number of rotatable bonds is 5. The zero-order valence-corrected chi connectivity index (χ0v) is 14.8. The number of hydrogen-bond donors (Lipinski definition) is 1. The highest BCUT2D eigenvalue weighted by Gasteiger charge is 2.28. The minimum atomic E-state index is -0.719. The first-order valence-corrected chi connectivity index (χ1v) is 8.27. The zero-order chi connectivity index (χ0) is 18.6. The Morgan fingerprint density at radius 3 is 2.56 bits per heavy atom. The number of nitrogens with one attached hydrogen (secondary N) is 1. The number of carbonyl (C=O) groups is 2. The highest BCUT2D eigenvalue weighted by atomic mass is 35.5. The molecule has 25 heavy (non-hydrogen) atoms. The number of amides is 1. The molecule has 1 aliphatic heterocycles. The lowest BCUT2D eigenvalue weighted by Gasteiger charge is -2.33. The van der Waals surface area contributed by atoms with E-state index in [1.165, 1.54) is 13.2 Å². The summed E-state index contributed by atoms with van der Waals surface area (Å²) >= 11 is 6.11. The SMILES string of the molecule is CNC(=O)CC1CCN(c2cc(Cl)c(C(=O)OC)cc2[N+](=O)[O-])CC1. The van der Waals surface area contributed by atoms with Crippen LogP contribution in [0.15, 0.2) is 12.1 Å². The minimum absolute atomic E-state index is 0.00472. The Hall–Kier alpha value is -2.35. The molecule has 136 valence electrons. The van der Waals surface area contributed by atoms with Crippen molar-refractivity contribution in [2.75, 3.05) is 32.1 Å². The number of halogens is 1. The highest BCUT2D eigenvalue weighted by Crippen LogP contribution is 2.36. The van der Waals surface area contributed by atoms with E-state index in [0.717, 1.165) is 18.9 Å². The van der Waals surface area contributed by atoms with Crippen LogP contribution in [0.4, 0.5) is 11.4 Å². The molecule has 0 radical (unpaired) electrons. The van der Waals surface area contributed by atoms with Crippen molar-refractivity contribution in [2.45, 2.75) is 19.3 Å². The molecule has 8 nitrogen and oxygen atoms in total. The summed E-state index contributed by atoms with van der Waals surface area (Å²) in [6.07, 6.45) is 1.95. The van der Waals surface area contributed by atoms with Crippen molar-refractivity contribution in [1.82, 2.24) is 5.32 Å². The standard InChI is InChI=1S/C16H20ClN3O5/c1-18-15(21)7-10-3-5-19(6-4-10)13-9-12(17)11(16(22)25-2)8-14(13)20(23)24/h8-10H,3-7H2,1-2H3,(H,18,21). The maximum Gasteiger partial charge on any atom is 0.339 e. The summed E-state index contributed by atoms with van der Waals surface area (Å²) in [6, 6.07) is 2.59. The van der Waals surface area contributed by atoms with Crippen molar-refractivity contribution in [2.24, 2.45) is 5.92 Å². The van der Waals surface area contributed by atoms with Gasteiger partial charge in [-0.05, 0) is 24.8 Å². The summed E-state index contributed by atoms with van der Waals surface area (Å²) in [5, 5.41) is 14.1. The van der Waals surface area contributed by atoms with Crippen molar-refractivity contribution in [3.05, 3.63) is 32.8 Å². The molecule has 1 N–H and O–H groups in total. The molecule has 0 saturated carbocycles. The van der Waals surface area contributed by atoms with Gasteiger partial charge in [0.25, 0.3) is 5.69 Å². The molecule has 1 fully saturated rings. The molecule has 1 saturated heterocycles. The number of benzene rings is 1. The van der Waals surface area contributed by atoms with Crippen LogP contribution in [0, 0.1) is 16.0 Å². The van der Waals surface area contributed by atoms with Gasteiger partial charge in [-0.3, -0.25) is 14.9 Å². The number of nitro groups is 1. The van der Waals surface area contributed by atoms with Gasteiger partial charge in [-0.2, -0.15) is 0 Å². The molecule has 0 bridgehead atoms. The van der Waals surface area contributed by atoms with Crippen molar-refractivity contribution >= 4 is 34.9 Å². The molecule has 1 heterocycles. The second kappa shape index (κ2) is 8.15. The van der Waals surface area contributed by atoms with Gasteiger partial charge in [0.2, 0.25) is 5.91 Å². The summed E-state index contributed by atoms with van der Waals surface area (Å²) < 4.78 is 4.60. The molecule has 1 aromatic rings. The summed E-state index contributed by atoms with van der Waals surface area (Å²) in [5.74, 6) is -0.473. The number of esters is 1. The lowest BCUT2D eigenvalue weighted by molar-refractivity contribution is -0.384. The van der Waals surface area contributed by atoms with E-state index in [-0.39, 0.29) is 28.1 Å². The maximum atomic E-state index is 11.7. The van der Waals surface area contributed by atoms with Crippen molar-refractivity contribution in [3.8, 4) is 0 Å². The third kappa shape index (κ3) is 4.39. The van der Waals surface area contributed by atoms with E-state index >= 15 is 0 Å². The van der Waals surface area contributed by atoms with E-state index in [1.807, 2.05) is 4.90 Å². The second-order valence-corrected chi connectivity index (χ2v) is 6.28. The van der Waals surface area contributed by atoms with E-state index in [0.29, 0.717) is 25.2 Å². The monoisotopic (exact) mass is 369 g/mol. The number of nitrogens with zero attached hydrogens (tertiary/aromatic N) is 2. The lowest BCUT2D eigenvalue weighted by Crippen LogP contribution is -2.35. The van der Waals surface area contributed by atoms with Gasteiger partial charge in [-0.1, -0.05) is 11.6 Å². The Morgan fingerprint density at radius 1 is 1.40 bits per heavy atom. The van der Waals surface area contributed by atoms with Gasteiger partial charge in [0.1, 0.15) is 5.69 Å². The third-order valence-corrected chi connectivity index (χ3v) is 4.69. The Kier molecular flexibility index (Phi) is 6.19. The topological polar surface area (TPSA) is 102 Å². The second-order valence-electron chi connectivity index (χ2n) is 5.88. The Bertz CT molecular complexity index is 687. The summed E-state index contributed by atoms with van der Waals surface area (Å²) in [5.41, 5.74) is 0.157. The lowest BCUT2D eigenvalue weighted by atomic mass is 9.92. The molecule has 0 spiro atoms. The van der Waals surface area contributed by atoms with Crippen LogP contribution >= 0.6 is 11.6 Å². The Labute approximate surface area is 150 Å². The van der Waals surface area contributed by atoms with Crippen LogP contribution in [-0.4, -0.2) is 44.0 Å². The number of anilines is 1. The molecule has 0 atom stereocenters. The van der Waals surface area contributed by atoms with Crippen molar-refractivity contribution < 1.29 is 19.2 Å². The van der Waals surface area contributed by atoms with Gasteiger partial charge < -0.3 is 15.0 Å². The average molecular weight is 370 g/mol. The fourth-order valence-corrected chi connectivity index (χ4v) is 3.19. The Balaban J connectivity index is 2.22. The van der Waals surface area contributed by atoms with Crippen LogP contribution in [-0.2, 0) is 9.53 Å². The smallest absolute Gasteiger partial charge is 0.339 e. The minimum Gasteiger partial charge on any atom is -0.465 e. The summed E-state index contributed by atoms with van der Waals surface area (Å²) in [7, 11) is 2.79. The predicted molar refractivity (Wildman–Crippen MR) is 93.1 cm³/mol. The fraction of sp³-hybridized carbons (Fsp3) is 0.500. The van der Waals surface area contributed by atoms with Crippen LogP contribution < -0.4 is 10.2 Å². The zero-order valence-electron chi connectivity index (χ0n) is 14.1. The molecule has 9 heteroatoms. The van der Waals surface area contributed by atoms with Gasteiger partial charge in [-0.15, -0.1) is 0 Å². The molecule has 1 aromatic carbocycles. The van der Waals surface area contributed by atoms with Crippen LogP contribution in [0.5, 0.6) is 0 Å². The van der Waals surface area contributed by atoms with Crippen LogP contribution in [0.3, 0.4) is 0 Å². The normalized spacial score (nSPS) is 14.9. The molecule has 2 rings (SSSR count). The first-order valence-electron chi connectivity index (χ1n) is 7.89. The molecule has 0 aromatic heterocycles. The molecular formula is C16H20ClN3O5. The summed E-state index contributed by atoms with van der Waals surface area (Å²) in [4.78, 5) is 35.9. The van der Waals surface area contributed by atoms with Crippen molar-refractivity contribution in [3.63, 3.8) is 0 Å². The van der Waals surface area contributed by atoms with E-state index < -0.39 is 10.9 Å². The molecule has 0 unspecified atom stereocenters. The number of piperidine rings is 1. The molecule has 1 aliphatic rings. The predicted octanol–water partition coefficient (Wildman–Crippen LogP) is 2.39. The molecule has 1 amide bonds. The van der Waals surface area contributed by atoms with Gasteiger partial charge >= 0.3 is 5.97 Å². The van der Waals surface area contributed by atoms with Crippen LogP contribution in [0.25, 0.3) is 0 Å². The first kappa shape index (κ1) is 19.0. The van der Waals surface area contributed by atoms with Crippen LogP contribution in [0.2, 0.25) is 5.02 Å². The Morgan fingerprint density at radius 2 is 2.04 bits per heavy atom. The average Bonchev–Trinajstić information content (AvgIpc) is 2.61. The number of ether oxygens (including phenoxy) is 1. The third-order valence-electron chi connectivity index (χ3n) is 4.37. The van der Waals surface area contributed by atoms with Gasteiger partial charge in [0.05, 0.1) is 22.6 Å². The number of hydrogen-bond acceptors (Lipinski definition) is 6. The van der Waals surface area contributed by atoms with E-state index in [2.05, 4.69) is 10.1 Å². The number of carbonyl (C=O) groups excluding carboxylic acids is 2. The van der Waals surface area contributed by atoms with Gasteiger partial charge in [0.15, 0.2) is 0 Å².